The highest BCUT2D eigenvalue weighted by Gasteiger charge is 2.35. The Morgan fingerprint density at radius 1 is 1.22 bits per heavy atom. The van der Waals surface area contributed by atoms with Crippen molar-refractivity contribution in [1.82, 2.24) is 25.0 Å². The fourth-order valence-electron chi connectivity index (χ4n) is 5.41. The summed E-state index contributed by atoms with van der Waals surface area (Å²) in [6, 6.07) is 9.85. The number of aryl methyl sites for hydroxylation is 2. The first-order valence-electron chi connectivity index (χ1n) is 13.1. The lowest BCUT2D eigenvalue weighted by Crippen LogP contribution is -2.39. The average molecular weight is 575 g/mol. The molecule has 12 heteroatoms. The van der Waals surface area contributed by atoms with Gasteiger partial charge in [0.15, 0.2) is 16.7 Å². The third-order valence-corrected chi connectivity index (χ3v) is 8.28. The first kappa shape index (κ1) is 26.6. The fraction of sp³-hybridized carbons (Fsp3) is 0.276. The standard InChI is InChI=1S/C29H27FN6O4S/c1-15-26(16(2)40-34-15)17-8-10-21-20(12-17)33-27(36(21)29-32-14-24(41-29)28(38)31-3)22-6-5-7-25(37)35(22)18-9-11-23(39-4)19(30)13-18/h8-14,22H,5-7H2,1-4H3,(H,31,38)/t22-/m0/s1. The van der Waals surface area contributed by atoms with Gasteiger partial charge in [-0.15, -0.1) is 0 Å². The van der Waals surface area contributed by atoms with E-state index in [0.29, 0.717) is 52.1 Å². The summed E-state index contributed by atoms with van der Waals surface area (Å²) in [5, 5.41) is 7.25. The minimum absolute atomic E-state index is 0.0957. The van der Waals surface area contributed by atoms with Crippen LogP contribution in [0.25, 0.3) is 27.3 Å². The Balaban J connectivity index is 1.55. The van der Waals surface area contributed by atoms with Gasteiger partial charge in [0.2, 0.25) is 5.91 Å². The van der Waals surface area contributed by atoms with Crippen molar-refractivity contribution in [3.8, 4) is 22.0 Å². The van der Waals surface area contributed by atoms with E-state index in [1.807, 2.05) is 36.6 Å². The molecule has 1 aliphatic heterocycles. The normalized spacial score (nSPS) is 15.5. The lowest BCUT2D eigenvalue weighted by molar-refractivity contribution is -0.120. The van der Waals surface area contributed by atoms with Gasteiger partial charge in [0.1, 0.15) is 16.5 Å². The monoisotopic (exact) mass is 574 g/mol. The Hall–Kier alpha value is -4.58. The van der Waals surface area contributed by atoms with Crippen molar-refractivity contribution in [3.63, 3.8) is 0 Å². The SMILES string of the molecule is CNC(=O)c1cnc(-n2c([C@@H]3CCCC(=O)N3c3ccc(OC)c(F)c3)nc3cc(-c4c(C)noc4C)ccc32)s1. The van der Waals surface area contributed by atoms with Gasteiger partial charge in [-0.05, 0) is 56.5 Å². The number of fused-ring (bicyclic) bond motifs is 1. The fourth-order valence-corrected chi connectivity index (χ4v) is 6.30. The largest absolute Gasteiger partial charge is 0.494 e. The predicted octanol–water partition coefficient (Wildman–Crippen LogP) is 5.52. The number of halogens is 1. The van der Waals surface area contributed by atoms with E-state index in [4.69, 9.17) is 14.2 Å². The second-order valence-corrected chi connectivity index (χ2v) is 10.8. The van der Waals surface area contributed by atoms with Crippen molar-refractivity contribution in [2.75, 3.05) is 19.1 Å². The second-order valence-electron chi connectivity index (χ2n) is 9.78. The van der Waals surface area contributed by atoms with Crippen LogP contribution in [-0.2, 0) is 4.79 Å². The van der Waals surface area contributed by atoms with Crippen LogP contribution >= 0.6 is 11.3 Å². The van der Waals surface area contributed by atoms with Crippen LogP contribution in [0.2, 0.25) is 0 Å². The summed E-state index contributed by atoms with van der Waals surface area (Å²) in [4.78, 5) is 37.4. The minimum atomic E-state index is -0.560. The maximum atomic E-state index is 14.8. The maximum absolute atomic E-state index is 14.8. The van der Waals surface area contributed by atoms with E-state index in [1.165, 1.54) is 36.8 Å². The van der Waals surface area contributed by atoms with Crippen molar-refractivity contribution in [2.24, 2.45) is 0 Å². The molecule has 1 fully saturated rings. The second kappa shape index (κ2) is 10.4. The summed E-state index contributed by atoms with van der Waals surface area (Å²) in [5.74, 6) is 0.420. The Morgan fingerprint density at radius 3 is 2.76 bits per heavy atom. The molecule has 0 radical (unpaired) electrons. The number of amides is 2. The number of nitrogens with one attached hydrogen (secondary N) is 1. The molecule has 0 aliphatic carbocycles. The molecule has 5 aromatic rings. The number of anilines is 1. The Morgan fingerprint density at radius 2 is 2.05 bits per heavy atom. The van der Waals surface area contributed by atoms with Crippen LogP contribution in [0, 0.1) is 19.7 Å². The Kier molecular flexibility index (Phi) is 6.78. The molecule has 210 valence electrons. The van der Waals surface area contributed by atoms with Gasteiger partial charge in [-0.25, -0.2) is 14.4 Å². The van der Waals surface area contributed by atoms with E-state index >= 15 is 0 Å². The number of hydrogen-bond acceptors (Lipinski definition) is 8. The zero-order chi connectivity index (χ0) is 28.8. The molecule has 41 heavy (non-hydrogen) atoms. The molecule has 2 amide bonds. The van der Waals surface area contributed by atoms with Crippen LogP contribution in [0.4, 0.5) is 10.1 Å². The van der Waals surface area contributed by atoms with E-state index in [-0.39, 0.29) is 17.6 Å². The lowest BCUT2D eigenvalue weighted by atomic mass is 9.99. The molecular weight excluding hydrogens is 547 g/mol. The van der Waals surface area contributed by atoms with Gasteiger partial charge in [-0.1, -0.05) is 22.6 Å². The van der Waals surface area contributed by atoms with Crippen LogP contribution in [0.3, 0.4) is 0 Å². The highest BCUT2D eigenvalue weighted by Crippen LogP contribution is 2.40. The van der Waals surface area contributed by atoms with Crippen LogP contribution in [0.1, 0.15) is 52.3 Å². The summed E-state index contributed by atoms with van der Waals surface area (Å²) in [7, 11) is 2.96. The number of benzene rings is 2. The van der Waals surface area contributed by atoms with E-state index in [0.717, 1.165) is 22.3 Å². The molecule has 10 nitrogen and oxygen atoms in total. The topological polar surface area (TPSA) is 115 Å². The first-order valence-corrected chi connectivity index (χ1v) is 13.9. The summed E-state index contributed by atoms with van der Waals surface area (Å²) in [6.07, 6.45) is 3.11. The van der Waals surface area contributed by atoms with Crippen molar-refractivity contribution < 1.29 is 23.2 Å². The highest BCUT2D eigenvalue weighted by atomic mass is 32.1. The summed E-state index contributed by atoms with van der Waals surface area (Å²) < 4.78 is 27.1. The molecule has 1 aliphatic rings. The summed E-state index contributed by atoms with van der Waals surface area (Å²) in [6.45, 7) is 3.74. The zero-order valence-electron chi connectivity index (χ0n) is 22.9. The van der Waals surface area contributed by atoms with Crippen LogP contribution in [0.15, 0.2) is 47.1 Å². The van der Waals surface area contributed by atoms with Crippen molar-refractivity contribution >= 4 is 39.9 Å². The number of carbonyl (C=O) groups excluding carboxylic acids is 2. The summed E-state index contributed by atoms with van der Waals surface area (Å²) >= 11 is 1.22. The molecule has 0 unspecified atom stereocenters. The molecule has 6 rings (SSSR count). The molecular formula is C29H27FN6O4S. The quantitative estimate of drug-likeness (QED) is 0.284. The number of nitrogens with zero attached hydrogens (tertiary/aromatic N) is 5. The van der Waals surface area contributed by atoms with E-state index in [2.05, 4.69) is 15.5 Å². The molecule has 1 N–H and O–H groups in total. The first-order chi connectivity index (χ1) is 19.8. The molecule has 3 aromatic heterocycles. The van der Waals surface area contributed by atoms with Crippen molar-refractivity contribution in [2.45, 2.75) is 39.2 Å². The van der Waals surface area contributed by atoms with E-state index in [1.54, 1.807) is 18.0 Å². The zero-order valence-corrected chi connectivity index (χ0v) is 23.7. The smallest absolute Gasteiger partial charge is 0.262 e. The predicted molar refractivity (Wildman–Crippen MR) is 152 cm³/mol. The third kappa shape index (κ3) is 4.53. The van der Waals surface area contributed by atoms with Gasteiger partial charge in [0, 0.05) is 30.8 Å². The Labute approximate surface area is 238 Å². The third-order valence-electron chi connectivity index (χ3n) is 7.30. The van der Waals surface area contributed by atoms with Gasteiger partial charge in [-0.3, -0.25) is 14.2 Å². The van der Waals surface area contributed by atoms with Gasteiger partial charge < -0.3 is 19.5 Å². The lowest BCUT2D eigenvalue weighted by Gasteiger charge is -2.35. The molecule has 4 heterocycles. The maximum Gasteiger partial charge on any atom is 0.262 e. The number of carbonyl (C=O) groups is 2. The number of aromatic nitrogens is 4. The molecule has 2 aromatic carbocycles. The number of ether oxygens (including phenoxy) is 1. The van der Waals surface area contributed by atoms with Crippen molar-refractivity contribution in [1.29, 1.82) is 0 Å². The molecule has 1 saturated heterocycles. The molecule has 0 saturated carbocycles. The molecule has 0 spiro atoms. The summed E-state index contributed by atoms with van der Waals surface area (Å²) in [5.41, 5.74) is 4.40. The number of piperidine rings is 1. The van der Waals surface area contributed by atoms with Crippen LogP contribution in [-0.4, -0.2) is 45.7 Å². The highest BCUT2D eigenvalue weighted by molar-refractivity contribution is 7.16. The number of imidazole rings is 1. The van der Waals surface area contributed by atoms with Gasteiger partial charge in [-0.2, -0.15) is 0 Å². The number of rotatable bonds is 6. The van der Waals surface area contributed by atoms with E-state index in [9.17, 15) is 14.0 Å². The van der Waals surface area contributed by atoms with Gasteiger partial charge in [0.05, 0.1) is 36.1 Å². The minimum Gasteiger partial charge on any atom is -0.494 e. The number of hydrogen-bond donors (Lipinski definition) is 1. The molecule has 1 atom stereocenters. The molecule has 0 bridgehead atoms. The number of thiazole rings is 1. The van der Waals surface area contributed by atoms with Crippen molar-refractivity contribution in [3.05, 3.63) is 70.6 Å². The van der Waals surface area contributed by atoms with Crippen LogP contribution < -0.4 is 15.0 Å². The number of methoxy groups -OCH3 is 1. The van der Waals surface area contributed by atoms with Gasteiger partial charge in [0.25, 0.3) is 5.91 Å². The average Bonchev–Trinajstić information content (AvgIpc) is 3.68. The van der Waals surface area contributed by atoms with Crippen LogP contribution in [0.5, 0.6) is 5.75 Å². The van der Waals surface area contributed by atoms with E-state index < -0.39 is 11.9 Å². The Bertz CT molecular complexity index is 1790. The van der Waals surface area contributed by atoms with Gasteiger partial charge >= 0.3 is 0 Å².